The average molecular weight is 332 g/mol. The van der Waals surface area contributed by atoms with Crippen molar-refractivity contribution in [1.29, 1.82) is 0 Å². The number of aryl methyl sites for hydroxylation is 1. The number of hydrogen-bond acceptors (Lipinski definition) is 5. The molecule has 1 aliphatic heterocycles. The summed E-state index contributed by atoms with van der Waals surface area (Å²) in [4.78, 5) is 0.342. The van der Waals surface area contributed by atoms with E-state index in [1.807, 2.05) is 25.7 Å². The lowest BCUT2D eigenvalue weighted by Gasteiger charge is -2.22. The Morgan fingerprint density at radius 2 is 2.19 bits per heavy atom. The molecule has 2 heterocycles. The summed E-state index contributed by atoms with van der Waals surface area (Å²) in [5.41, 5.74) is 1.28. The zero-order valence-electron chi connectivity index (χ0n) is 12.8. The second kappa shape index (κ2) is 7.13. The molecule has 6 nitrogen and oxygen atoms in total. The molecule has 2 N–H and O–H groups in total. The molecule has 0 saturated carbocycles. The molecule has 1 unspecified atom stereocenters. The second-order valence-electron chi connectivity index (χ2n) is 5.36. The van der Waals surface area contributed by atoms with Crippen LogP contribution in [0, 0.1) is 13.8 Å². The SMILES string of the molecule is CNCCn1nc(C)c(S(=O)(=O)NC2CCCSC2)c1C. The van der Waals surface area contributed by atoms with E-state index in [4.69, 9.17) is 0 Å². The number of thioether (sulfide) groups is 1. The minimum absolute atomic E-state index is 0.0354. The van der Waals surface area contributed by atoms with Gasteiger partial charge in [0, 0.05) is 18.3 Å². The Balaban J connectivity index is 2.20. The Hall–Kier alpha value is -0.570. The molecule has 21 heavy (non-hydrogen) atoms. The van der Waals surface area contributed by atoms with Crippen LogP contribution in [0.2, 0.25) is 0 Å². The van der Waals surface area contributed by atoms with E-state index in [1.54, 1.807) is 11.6 Å². The highest BCUT2D eigenvalue weighted by Gasteiger charge is 2.28. The molecular weight excluding hydrogens is 308 g/mol. The first-order valence-electron chi connectivity index (χ1n) is 7.24. The quantitative estimate of drug-likeness (QED) is 0.809. The van der Waals surface area contributed by atoms with Crippen LogP contribution in [0.1, 0.15) is 24.2 Å². The summed E-state index contributed by atoms with van der Waals surface area (Å²) in [6.45, 7) is 5.00. The van der Waals surface area contributed by atoms with E-state index in [1.165, 1.54) is 0 Å². The van der Waals surface area contributed by atoms with Crippen molar-refractivity contribution in [3.8, 4) is 0 Å². The molecule has 1 saturated heterocycles. The van der Waals surface area contributed by atoms with Gasteiger partial charge in [-0.1, -0.05) is 0 Å². The van der Waals surface area contributed by atoms with E-state index >= 15 is 0 Å². The van der Waals surface area contributed by atoms with Gasteiger partial charge in [0.05, 0.1) is 17.9 Å². The number of nitrogens with one attached hydrogen (secondary N) is 2. The van der Waals surface area contributed by atoms with Gasteiger partial charge in [0.1, 0.15) is 4.90 Å². The summed E-state index contributed by atoms with van der Waals surface area (Å²) in [6.07, 6.45) is 1.98. The largest absolute Gasteiger partial charge is 0.318 e. The van der Waals surface area contributed by atoms with Gasteiger partial charge in [0.25, 0.3) is 0 Å². The van der Waals surface area contributed by atoms with Crippen LogP contribution >= 0.6 is 11.8 Å². The van der Waals surface area contributed by atoms with Gasteiger partial charge in [-0.25, -0.2) is 13.1 Å². The Bertz CT molecular complexity index is 577. The van der Waals surface area contributed by atoms with Gasteiger partial charge >= 0.3 is 0 Å². The van der Waals surface area contributed by atoms with Crippen molar-refractivity contribution < 1.29 is 8.42 Å². The molecular formula is C13H24N4O2S2. The lowest BCUT2D eigenvalue weighted by molar-refractivity contribution is 0.540. The van der Waals surface area contributed by atoms with Crippen LogP contribution in [0.4, 0.5) is 0 Å². The van der Waals surface area contributed by atoms with Crippen molar-refractivity contribution in [2.75, 3.05) is 25.1 Å². The molecule has 1 aromatic rings. The average Bonchev–Trinajstić information content (AvgIpc) is 2.72. The van der Waals surface area contributed by atoms with Crippen LogP contribution in [-0.2, 0) is 16.6 Å². The number of aromatic nitrogens is 2. The number of rotatable bonds is 6. The highest BCUT2D eigenvalue weighted by atomic mass is 32.2. The fourth-order valence-corrected chi connectivity index (χ4v) is 5.48. The molecule has 2 rings (SSSR count). The number of nitrogens with zero attached hydrogens (tertiary/aromatic N) is 2. The third-order valence-corrected chi connectivity index (χ3v) is 6.63. The van der Waals surface area contributed by atoms with Crippen molar-refractivity contribution >= 4 is 21.8 Å². The smallest absolute Gasteiger partial charge is 0.244 e. The summed E-state index contributed by atoms with van der Waals surface area (Å²) >= 11 is 1.81. The van der Waals surface area contributed by atoms with Crippen LogP contribution in [0.25, 0.3) is 0 Å². The first-order valence-corrected chi connectivity index (χ1v) is 9.88. The first-order chi connectivity index (χ1) is 9.95. The third-order valence-electron chi connectivity index (χ3n) is 3.64. The van der Waals surface area contributed by atoms with Crippen LogP contribution in [0.15, 0.2) is 4.90 Å². The molecule has 0 bridgehead atoms. The predicted molar refractivity (Wildman–Crippen MR) is 86.3 cm³/mol. The summed E-state index contributed by atoms with van der Waals surface area (Å²) in [7, 11) is -1.63. The van der Waals surface area contributed by atoms with Crippen molar-refractivity contribution in [3.63, 3.8) is 0 Å². The molecule has 120 valence electrons. The summed E-state index contributed by atoms with van der Waals surface area (Å²) in [5.74, 6) is 1.98. The van der Waals surface area contributed by atoms with Crippen LogP contribution in [0.3, 0.4) is 0 Å². The van der Waals surface area contributed by atoms with Gasteiger partial charge in [-0.2, -0.15) is 16.9 Å². The highest BCUT2D eigenvalue weighted by molar-refractivity contribution is 7.99. The molecule has 0 amide bonds. The van der Waals surface area contributed by atoms with Gasteiger partial charge in [-0.3, -0.25) is 4.68 Å². The second-order valence-corrected chi connectivity index (χ2v) is 8.16. The molecule has 0 aromatic carbocycles. The third kappa shape index (κ3) is 4.00. The van der Waals surface area contributed by atoms with Crippen molar-refractivity contribution in [1.82, 2.24) is 19.8 Å². The maximum absolute atomic E-state index is 12.6. The highest BCUT2D eigenvalue weighted by Crippen LogP contribution is 2.22. The molecule has 8 heteroatoms. The van der Waals surface area contributed by atoms with E-state index in [9.17, 15) is 8.42 Å². The van der Waals surface area contributed by atoms with E-state index in [-0.39, 0.29) is 6.04 Å². The fraction of sp³-hybridized carbons (Fsp3) is 0.769. The fourth-order valence-electron chi connectivity index (χ4n) is 2.62. The summed E-state index contributed by atoms with van der Waals surface area (Å²) in [5, 5.41) is 7.41. The van der Waals surface area contributed by atoms with E-state index in [0.717, 1.165) is 30.9 Å². The molecule has 1 fully saturated rings. The molecule has 1 atom stereocenters. The Morgan fingerprint density at radius 1 is 1.43 bits per heavy atom. The van der Waals surface area contributed by atoms with E-state index in [2.05, 4.69) is 15.1 Å². The van der Waals surface area contributed by atoms with Gasteiger partial charge in [-0.05, 0) is 39.5 Å². The van der Waals surface area contributed by atoms with Crippen molar-refractivity contribution in [3.05, 3.63) is 11.4 Å². The van der Waals surface area contributed by atoms with Crippen molar-refractivity contribution in [2.45, 2.75) is 44.2 Å². The van der Waals surface area contributed by atoms with Crippen LogP contribution in [0.5, 0.6) is 0 Å². The number of sulfonamides is 1. The van der Waals surface area contributed by atoms with Crippen LogP contribution in [-0.4, -0.2) is 49.3 Å². The van der Waals surface area contributed by atoms with Gasteiger partial charge in [0.2, 0.25) is 10.0 Å². The molecule has 0 spiro atoms. The Labute approximate surface area is 131 Å². The maximum atomic E-state index is 12.6. The minimum Gasteiger partial charge on any atom is -0.318 e. The normalized spacial score (nSPS) is 19.9. The Morgan fingerprint density at radius 3 is 2.81 bits per heavy atom. The van der Waals surface area contributed by atoms with E-state index in [0.29, 0.717) is 22.8 Å². The Kier molecular flexibility index (Phi) is 5.70. The monoisotopic (exact) mass is 332 g/mol. The molecule has 0 aliphatic carbocycles. The molecule has 0 radical (unpaired) electrons. The summed E-state index contributed by atoms with van der Waals surface area (Å²) < 4.78 is 29.9. The first kappa shape index (κ1) is 16.8. The number of likely N-dealkylation sites (N-methyl/N-ethyl adjacent to an activating group) is 1. The maximum Gasteiger partial charge on any atom is 0.244 e. The van der Waals surface area contributed by atoms with Gasteiger partial charge in [-0.15, -0.1) is 0 Å². The zero-order valence-corrected chi connectivity index (χ0v) is 14.5. The lowest BCUT2D eigenvalue weighted by Crippen LogP contribution is -2.38. The topological polar surface area (TPSA) is 76.0 Å². The lowest BCUT2D eigenvalue weighted by atomic mass is 10.2. The van der Waals surface area contributed by atoms with Crippen molar-refractivity contribution in [2.24, 2.45) is 0 Å². The van der Waals surface area contributed by atoms with Crippen LogP contribution < -0.4 is 10.0 Å². The number of hydrogen-bond donors (Lipinski definition) is 2. The predicted octanol–water partition coefficient (Wildman–Crippen LogP) is 0.893. The van der Waals surface area contributed by atoms with Gasteiger partial charge in [0.15, 0.2) is 0 Å². The molecule has 1 aliphatic rings. The van der Waals surface area contributed by atoms with E-state index < -0.39 is 10.0 Å². The minimum atomic E-state index is -3.49. The zero-order chi connectivity index (χ0) is 15.5. The molecule has 1 aromatic heterocycles. The van der Waals surface area contributed by atoms with Gasteiger partial charge < -0.3 is 5.32 Å². The standard InChI is InChI=1S/C13H24N4O2S2/c1-10-13(11(2)17(15-10)7-6-14-3)21(18,19)16-12-5-4-8-20-9-12/h12,14,16H,4-9H2,1-3H3. The summed E-state index contributed by atoms with van der Waals surface area (Å²) in [6, 6.07) is 0.0354.